The van der Waals surface area contributed by atoms with Gasteiger partial charge < -0.3 is 5.32 Å². The van der Waals surface area contributed by atoms with E-state index in [4.69, 9.17) is 0 Å². The Balaban J connectivity index is 2.59. The fourth-order valence-corrected chi connectivity index (χ4v) is 1.81. The molecule has 18 heavy (non-hydrogen) atoms. The van der Waals surface area contributed by atoms with E-state index in [1.807, 2.05) is 20.9 Å². The zero-order valence-corrected chi connectivity index (χ0v) is 11.2. The maximum Gasteiger partial charge on any atom is 0.133 e. The smallest absolute Gasteiger partial charge is 0.133 e. The second-order valence-corrected chi connectivity index (χ2v) is 4.09. The predicted octanol–water partition coefficient (Wildman–Crippen LogP) is 1.57. The number of aryl methyl sites for hydroxylation is 2. The van der Waals surface area contributed by atoms with Crippen molar-refractivity contribution in [2.45, 2.75) is 27.2 Å². The fraction of sp³-hybridized carbons (Fsp3) is 0.500. The Morgan fingerprint density at radius 3 is 2.61 bits per heavy atom. The number of hydrogen-bond donors (Lipinski definition) is 1. The molecule has 6 nitrogen and oxygen atoms in total. The van der Waals surface area contributed by atoms with Crippen LogP contribution in [-0.2, 0) is 13.5 Å². The molecule has 0 radical (unpaired) electrons. The first-order chi connectivity index (χ1) is 8.67. The molecule has 1 N–H and O–H groups in total. The Hall–Kier alpha value is -1.98. The number of anilines is 1. The van der Waals surface area contributed by atoms with Gasteiger partial charge in [0.25, 0.3) is 0 Å². The van der Waals surface area contributed by atoms with Gasteiger partial charge in [-0.1, -0.05) is 12.1 Å². The summed E-state index contributed by atoms with van der Waals surface area (Å²) in [4.78, 5) is 9.09. The van der Waals surface area contributed by atoms with E-state index in [2.05, 4.69) is 32.5 Å². The first-order valence-electron chi connectivity index (χ1n) is 6.13. The van der Waals surface area contributed by atoms with Gasteiger partial charge >= 0.3 is 0 Å². The molecule has 0 saturated carbocycles. The van der Waals surface area contributed by atoms with Crippen molar-refractivity contribution in [2.24, 2.45) is 7.05 Å². The van der Waals surface area contributed by atoms with Gasteiger partial charge in [-0.2, -0.15) is 0 Å². The van der Waals surface area contributed by atoms with Crippen LogP contribution in [0.3, 0.4) is 0 Å². The molecule has 96 valence electrons. The molecule has 2 aromatic rings. The van der Waals surface area contributed by atoms with E-state index in [0.29, 0.717) is 0 Å². The van der Waals surface area contributed by atoms with Crippen LogP contribution in [0.1, 0.15) is 25.2 Å². The van der Waals surface area contributed by atoms with E-state index in [0.717, 1.165) is 41.6 Å². The summed E-state index contributed by atoms with van der Waals surface area (Å²) in [5.41, 5.74) is 2.83. The van der Waals surface area contributed by atoms with Crippen LogP contribution in [-0.4, -0.2) is 31.5 Å². The monoisotopic (exact) mass is 246 g/mol. The zero-order valence-electron chi connectivity index (χ0n) is 11.2. The first-order valence-corrected chi connectivity index (χ1v) is 6.13. The third-order valence-corrected chi connectivity index (χ3v) is 2.81. The lowest BCUT2D eigenvalue weighted by molar-refractivity contribution is 0.718. The van der Waals surface area contributed by atoms with Gasteiger partial charge in [0.15, 0.2) is 0 Å². The lowest BCUT2D eigenvalue weighted by atomic mass is 10.1. The topological polar surface area (TPSA) is 68.5 Å². The van der Waals surface area contributed by atoms with Gasteiger partial charge in [-0.25, -0.2) is 14.6 Å². The molecule has 0 unspecified atom stereocenters. The third kappa shape index (κ3) is 2.18. The molecular weight excluding hydrogens is 228 g/mol. The van der Waals surface area contributed by atoms with E-state index < -0.39 is 0 Å². The molecule has 2 aromatic heterocycles. The first kappa shape index (κ1) is 12.5. The van der Waals surface area contributed by atoms with Crippen molar-refractivity contribution in [3.63, 3.8) is 0 Å². The minimum Gasteiger partial charge on any atom is -0.370 e. The number of nitrogens with one attached hydrogen (secondary N) is 1. The molecule has 0 aliphatic carbocycles. The lowest BCUT2D eigenvalue weighted by Gasteiger charge is -2.12. The van der Waals surface area contributed by atoms with E-state index in [1.165, 1.54) is 0 Å². The molecule has 2 rings (SSSR count). The Morgan fingerprint density at radius 2 is 2.06 bits per heavy atom. The third-order valence-electron chi connectivity index (χ3n) is 2.81. The Kier molecular flexibility index (Phi) is 3.55. The minimum atomic E-state index is 0.803. The zero-order chi connectivity index (χ0) is 13.1. The van der Waals surface area contributed by atoms with Crippen LogP contribution in [0.25, 0.3) is 11.4 Å². The summed E-state index contributed by atoms with van der Waals surface area (Å²) in [5, 5.41) is 11.1. The molecule has 0 aliphatic rings. The Labute approximate surface area is 106 Å². The lowest BCUT2D eigenvalue weighted by Crippen LogP contribution is -2.08. The molecule has 0 aliphatic heterocycles. The normalized spacial score (nSPS) is 10.7. The van der Waals surface area contributed by atoms with Crippen LogP contribution in [0.5, 0.6) is 0 Å². The fourth-order valence-electron chi connectivity index (χ4n) is 1.81. The van der Waals surface area contributed by atoms with Gasteiger partial charge in [0.1, 0.15) is 17.3 Å². The van der Waals surface area contributed by atoms with Crippen LogP contribution >= 0.6 is 0 Å². The maximum atomic E-state index is 4.59. The van der Waals surface area contributed by atoms with Crippen molar-refractivity contribution in [1.29, 1.82) is 0 Å². The molecule has 0 atom stereocenters. The van der Waals surface area contributed by atoms with Crippen LogP contribution in [0.2, 0.25) is 0 Å². The summed E-state index contributed by atoms with van der Waals surface area (Å²) < 4.78 is 1.73. The summed E-state index contributed by atoms with van der Waals surface area (Å²) in [6.45, 7) is 6.95. The number of nitrogens with zero attached hydrogens (tertiary/aromatic N) is 5. The number of hydrogen-bond acceptors (Lipinski definition) is 5. The number of rotatable bonds is 4. The largest absolute Gasteiger partial charge is 0.370 e. The van der Waals surface area contributed by atoms with Crippen LogP contribution in [0.4, 0.5) is 5.82 Å². The van der Waals surface area contributed by atoms with Gasteiger partial charge in [-0.05, 0) is 13.8 Å². The highest BCUT2D eigenvalue weighted by Gasteiger charge is 2.14. The van der Waals surface area contributed by atoms with Crippen LogP contribution in [0, 0.1) is 6.92 Å². The van der Waals surface area contributed by atoms with Crippen molar-refractivity contribution in [3.05, 3.63) is 17.6 Å². The van der Waals surface area contributed by atoms with Crippen LogP contribution in [0.15, 0.2) is 6.20 Å². The highest BCUT2D eigenvalue weighted by molar-refractivity contribution is 5.64. The SMILES string of the molecule is CCNc1nc(CC)nc(-c2cnnn2C)c1C. The van der Waals surface area contributed by atoms with Gasteiger partial charge in [0, 0.05) is 25.6 Å². The van der Waals surface area contributed by atoms with Crippen molar-refractivity contribution < 1.29 is 0 Å². The van der Waals surface area contributed by atoms with Crippen LogP contribution < -0.4 is 5.32 Å². The van der Waals surface area contributed by atoms with E-state index >= 15 is 0 Å². The summed E-state index contributed by atoms with van der Waals surface area (Å²) in [6.07, 6.45) is 2.53. The highest BCUT2D eigenvalue weighted by Crippen LogP contribution is 2.24. The van der Waals surface area contributed by atoms with Crippen molar-refractivity contribution in [3.8, 4) is 11.4 Å². The molecule has 0 amide bonds. The van der Waals surface area contributed by atoms with E-state index in [9.17, 15) is 0 Å². The molecular formula is C12H18N6. The second kappa shape index (κ2) is 5.12. The van der Waals surface area contributed by atoms with E-state index in [-0.39, 0.29) is 0 Å². The quantitative estimate of drug-likeness (QED) is 0.887. The summed E-state index contributed by atoms with van der Waals surface area (Å²) in [6, 6.07) is 0. The second-order valence-electron chi connectivity index (χ2n) is 4.09. The molecule has 6 heteroatoms. The average Bonchev–Trinajstić information content (AvgIpc) is 2.78. The summed E-state index contributed by atoms with van der Waals surface area (Å²) in [5.74, 6) is 1.72. The highest BCUT2D eigenvalue weighted by atomic mass is 15.4. The molecule has 0 spiro atoms. The van der Waals surface area contributed by atoms with Gasteiger partial charge in [0.05, 0.1) is 11.9 Å². The van der Waals surface area contributed by atoms with Crippen molar-refractivity contribution in [2.75, 3.05) is 11.9 Å². The molecule has 0 bridgehead atoms. The average molecular weight is 246 g/mol. The summed E-state index contributed by atoms with van der Waals surface area (Å²) >= 11 is 0. The molecule has 2 heterocycles. The Bertz CT molecular complexity index is 545. The van der Waals surface area contributed by atoms with Gasteiger partial charge in [0.2, 0.25) is 0 Å². The Morgan fingerprint density at radius 1 is 1.28 bits per heavy atom. The van der Waals surface area contributed by atoms with Gasteiger partial charge in [-0.15, -0.1) is 5.10 Å². The van der Waals surface area contributed by atoms with Gasteiger partial charge in [-0.3, -0.25) is 0 Å². The number of aromatic nitrogens is 5. The molecule has 0 aromatic carbocycles. The predicted molar refractivity (Wildman–Crippen MR) is 70.3 cm³/mol. The van der Waals surface area contributed by atoms with Crippen molar-refractivity contribution >= 4 is 5.82 Å². The minimum absolute atomic E-state index is 0.803. The summed E-state index contributed by atoms with van der Waals surface area (Å²) in [7, 11) is 1.86. The molecule has 0 fully saturated rings. The van der Waals surface area contributed by atoms with Crippen molar-refractivity contribution in [1.82, 2.24) is 25.0 Å². The maximum absolute atomic E-state index is 4.59. The molecule has 0 saturated heterocycles. The standard InChI is InChI=1S/C12H18N6/c1-5-10-15-11(9-7-14-17-18(9)4)8(3)12(16-10)13-6-2/h7H,5-6H2,1-4H3,(H,13,15,16). The van der Waals surface area contributed by atoms with E-state index in [1.54, 1.807) is 10.9 Å².